The number of hydrogen-bond donors (Lipinski definition) is 2. The van der Waals surface area contributed by atoms with Crippen molar-refractivity contribution in [1.82, 2.24) is 10.3 Å². The van der Waals surface area contributed by atoms with Gasteiger partial charge in [-0.1, -0.05) is 12.1 Å². The van der Waals surface area contributed by atoms with Crippen LogP contribution in [-0.2, 0) is 9.59 Å². The van der Waals surface area contributed by atoms with E-state index < -0.39 is 0 Å². The summed E-state index contributed by atoms with van der Waals surface area (Å²) in [6.07, 6.45) is 3.37. The summed E-state index contributed by atoms with van der Waals surface area (Å²) in [5.74, 6) is -0.209. The Morgan fingerprint density at radius 2 is 1.96 bits per heavy atom. The Morgan fingerprint density at radius 3 is 2.58 bits per heavy atom. The first-order valence-corrected chi connectivity index (χ1v) is 8.46. The fraction of sp³-hybridized carbons (Fsp3) is 0.316. The molecule has 136 valence electrons. The van der Waals surface area contributed by atoms with Crippen molar-refractivity contribution in [2.24, 2.45) is 5.92 Å². The second kappa shape index (κ2) is 7.95. The molecular formula is C19H20FN3O3. The van der Waals surface area contributed by atoms with E-state index in [1.807, 2.05) is 0 Å². The molecule has 7 heteroatoms. The third kappa shape index (κ3) is 5.02. The molecule has 0 spiro atoms. The summed E-state index contributed by atoms with van der Waals surface area (Å²) < 4.78 is 18.3. The lowest BCUT2D eigenvalue weighted by atomic mass is 10.1. The number of halogens is 1. The van der Waals surface area contributed by atoms with Gasteiger partial charge >= 0.3 is 0 Å². The monoisotopic (exact) mass is 357 g/mol. The number of amides is 2. The molecule has 0 radical (unpaired) electrons. The second-order valence-corrected chi connectivity index (χ2v) is 6.28. The van der Waals surface area contributed by atoms with Crippen LogP contribution in [0.4, 0.5) is 10.1 Å². The van der Waals surface area contributed by atoms with Crippen molar-refractivity contribution in [2.45, 2.75) is 25.8 Å². The van der Waals surface area contributed by atoms with Gasteiger partial charge in [-0.05, 0) is 43.5 Å². The van der Waals surface area contributed by atoms with Gasteiger partial charge in [-0.25, -0.2) is 9.37 Å². The number of rotatable bonds is 7. The number of aromatic nitrogens is 1. The first-order valence-electron chi connectivity index (χ1n) is 8.46. The lowest BCUT2D eigenvalue weighted by molar-refractivity contribution is -0.123. The van der Waals surface area contributed by atoms with E-state index in [0.29, 0.717) is 11.6 Å². The van der Waals surface area contributed by atoms with E-state index in [-0.39, 0.29) is 36.2 Å². The highest BCUT2D eigenvalue weighted by Crippen LogP contribution is 2.30. The van der Waals surface area contributed by atoms with E-state index in [1.54, 1.807) is 31.2 Å². The molecule has 26 heavy (non-hydrogen) atoms. The Bertz CT molecular complexity index is 774. The third-order valence-corrected chi connectivity index (χ3v) is 4.05. The lowest BCUT2D eigenvalue weighted by Crippen LogP contribution is -2.31. The van der Waals surface area contributed by atoms with Crippen molar-refractivity contribution in [3.05, 3.63) is 54.0 Å². The number of carbonyl (C=O) groups is 2. The molecule has 2 amide bonds. The highest BCUT2D eigenvalue weighted by atomic mass is 19.1. The van der Waals surface area contributed by atoms with Crippen LogP contribution in [0, 0.1) is 11.7 Å². The fourth-order valence-corrected chi connectivity index (χ4v) is 2.39. The first kappa shape index (κ1) is 17.8. The van der Waals surface area contributed by atoms with Gasteiger partial charge in [0.2, 0.25) is 11.8 Å². The van der Waals surface area contributed by atoms with Gasteiger partial charge in [-0.3, -0.25) is 9.59 Å². The molecule has 0 saturated heterocycles. The Kier molecular flexibility index (Phi) is 5.46. The molecule has 3 rings (SSSR count). The normalized spacial score (nSPS) is 14.4. The van der Waals surface area contributed by atoms with Gasteiger partial charge < -0.3 is 15.4 Å². The summed E-state index contributed by atoms with van der Waals surface area (Å²) in [4.78, 5) is 27.7. The van der Waals surface area contributed by atoms with Gasteiger partial charge in [0.1, 0.15) is 5.82 Å². The minimum atomic E-state index is -0.321. The van der Waals surface area contributed by atoms with Crippen molar-refractivity contribution in [2.75, 3.05) is 11.9 Å². The number of nitrogens with one attached hydrogen (secondary N) is 2. The second-order valence-electron chi connectivity index (χ2n) is 6.28. The summed E-state index contributed by atoms with van der Waals surface area (Å²) in [5, 5.41) is 5.55. The van der Waals surface area contributed by atoms with Gasteiger partial charge in [0.15, 0.2) is 6.61 Å². The predicted octanol–water partition coefficient (Wildman–Crippen LogP) is 2.83. The number of nitrogens with zero attached hydrogens (tertiary/aromatic N) is 1. The summed E-state index contributed by atoms with van der Waals surface area (Å²) in [6, 6.07) is 8.96. The Morgan fingerprint density at radius 1 is 1.23 bits per heavy atom. The summed E-state index contributed by atoms with van der Waals surface area (Å²) >= 11 is 0. The van der Waals surface area contributed by atoms with Crippen LogP contribution in [0.1, 0.15) is 31.4 Å². The van der Waals surface area contributed by atoms with Crippen LogP contribution in [0.3, 0.4) is 0 Å². The van der Waals surface area contributed by atoms with E-state index >= 15 is 0 Å². The van der Waals surface area contributed by atoms with Crippen LogP contribution in [0.2, 0.25) is 0 Å². The van der Waals surface area contributed by atoms with Gasteiger partial charge in [-0.15, -0.1) is 0 Å². The minimum absolute atomic E-state index is 0.00891. The molecule has 0 aliphatic heterocycles. The van der Waals surface area contributed by atoms with Crippen LogP contribution in [0.15, 0.2) is 42.6 Å². The van der Waals surface area contributed by atoms with E-state index in [9.17, 15) is 14.0 Å². The number of anilines is 1. The zero-order chi connectivity index (χ0) is 18.5. The third-order valence-electron chi connectivity index (χ3n) is 4.05. The average Bonchev–Trinajstić information content (AvgIpc) is 3.47. The van der Waals surface area contributed by atoms with Gasteiger partial charge in [0, 0.05) is 12.0 Å². The average molecular weight is 357 g/mol. The first-order chi connectivity index (χ1) is 12.5. The molecule has 1 atom stereocenters. The fourth-order valence-electron chi connectivity index (χ4n) is 2.39. The summed E-state index contributed by atoms with van der Waals surface area (Å²) in [7, 11) is 0. The van der Waals surface area contributed by atoms with Crippen molar-refractivity contribution in [1.29, 1.82) is 0 Å². The number of hydrogen-bond acceptors (Lipinski definition) is 4. The van der Waals surface area contributed by atoms with E-state index in [2.05, 4.69) is 15.6 Å². The maximum Gasteiger partial charge on any atom is 0.258 e. The van der Waals surface area contributed by atoms with Gasteiger partial charge in [-0.2, -0.15) is 0 Å². The number of carbonyl (C=O) groups excluding carboxylic acids is 2. The van der Waals surface area contributed by atoms with E-state index in [0.717, 1.165) is 18.4 Å². The standard InChI is InChI=1S/C19H20FN3O3/c1-12(13-4-6-15(20)7-5-13)22-17(24)11-26-18-9-8-16(10-21-18)23-19(25)14-2-3-14/h4-10,12,14H,2-3,11H2,1H3,(H,22,24)(H,23,25). The molecule has 1 aliphatic carbocycles. The van der Waals surface area contributed by atoms with Crippen molar-refractivity contribution in [3.63, 3.8) is 0 Å². The van der Waals surface area contributed by atoms with Crippen molar-refractivity contribution >= 4 is 17.5 Å². The molecule has 1 heterocycles. The predicted molar refractivity (Wildman–Crippen MR) is 94.0 cm³/mol. The molecule has 1 aromatic heterocycles. The van der Waals surface area contributed by atoms with Crippen LogP contribution in [0.25, 0.3) is 0 Å². The summed E-state index contributed by atoms with van der Waals surface area (Å²) in [5.41, 5.74) is 1.40. The Balaban J connectivity index is 1.44. The molecule has 6 nitrogen and oxygen atoms in total. The molecule has 2 aromatic rings. The van der Waals surface area contributed by atoms with Crippen LogP contribution >= 0.6 is 0 Å². The Labute approximate surface area is 150 Å². The molecule has 1 saturated carbocycles. The smallest absolute Gasteiger partial charge is 0.258 e. The zero-order valence-electron chi connectivity index (χ0n) is 14.4. The SMILES string of the molecule is CC(NC(=O)COc1ccc(NC(=O)C2CC2)cn1)c1ccc(F)cc1. The summed E-state index contributed by atoms with van der Waals surface area (Å²) in [6.45, 7) is 1.62. The van der Waals surface area contributed by atoms with Crippen LogP contribution in [0.5, 0.6) is 5.88 Å². The molecule has 1 unspecified atom stereocenters. The highest BCUT2D eigenvalue weighted by Gasteiger charge is 2.29. The largest absolute Gasteiger partial charge is 0.468 e. The number of pyridine rings is 1. The molecule has 1 aromatic carbocycles. The minimum Gasteiger partial charge on any atom is -0.468 e. The van der Waals surface area contributed by atoms with Gasteiger partial charge in [0.25, 0.3) is 5.91 Å². The quantitative estimate of drug-likeness (QED) is 0.798. The topological polar surface area (TPSA) is 80.3 Å². The molecule has 2 N–H and O–H groups in total. The van der Waals surface area contributed by atoms with Crippen LogP contribution in [-0.4, -0.2) is 23.4 Å². The van der Waals surface area contributed by atoms with Crippen molar-refractivity contribution < 1.29 is 18.7 Å². The zero-order valence-corrected chi connectivity index (χ0v) is 14.4. The molecular weight excluding hydrogens is 337 g/mol. The maximum atomic E-state index is 12.9. The lowest BCUT2D eigenvalue weighted by Gasteiger charge is -2.14. The maximum absolute atomic E-state index is 12.9. The van der Waals surface area contributed by atoms with Gasteiger partial charge in [0.05, 0.1) is 17.9 Å². The highest BCUT2D eigenvalue weighted by molar-refractivity contribution is 5.93. The van der Waals surface area contributed by atoms with E-state index in [1.165, 1.54) is 18.3 Å². The molecule has 1 aliphatic rings. The number of benzene rings is 1. The molecule has 0 bridgehead atoms. The van der Waals surface area contributed by atoms with Crippen LogP contribution < -0.4 is 15.4 Å². The molecule has 1 fully saturated rings. The van der Waals surface area contributed by atoms with E-state index in [4.69, 9.17) is 4.74 Å². The van der Waals surface area contributed by atoms with Crippen molar-refractivity contribution in [3.8, 4) is 5.88 Å². The number of ether oxygens (including phenoxy) is 1. The Hall–Kier alpha value is -2.96.